The summed E-state index contributed by atoms with van der Waals surface area (Å²) in [6.07, 6.45) is 2.51. The lowest BCUT2D eigenvalue weighted by molar-refractivity contribution is -0.130. The van der Waals surface area contributed by atoms with E-state index in [2.05, 4.69) is 16.0 Å². The third-order valence-corrected chi connectivity index (χ3v) is 6.37. The van der Waals surface area contributed by atoms with Crippen LogP contribution in [0.15, 0.2) is 35.4 Å². The van der Waals surface area contributed by atoms with Crippen LogP contribution in [0.5, 0.6) is 0 Å². The summed E-state index contributed by atoms with van der Waals surface area (Å²) in [7, 11) is 1.72. The number of nitrogens with two attached hydrogens (primary N) is 2. The zero-order valence-corrected chi connectivity index (χ0v) is 18.7. The summed E-state index contributed by atoms with van der Waals surface area (Å²) in [6, 6.07) is 8.10. The summed E-state index contributed by atoms with van der Waals surface area (Å²) in [6.45, 7) is 5.71. The van der Waals surface area contributed by atoms with Gasteiger partial charge in [0.2, 0.25) is 11.8 Å². The van der Waals surface area contributed by atoms with Crippen LogP contribution in [-0.2, 0) is 9.59 Å². The van der Waals surface area contributed by atoms with Crippen LogP contribution in [-0.4, -0.2) is 41.9 Å². The fourth-order valence-electron chi connectivity index (χ4n) is 2.53. The second kappa shape index (κ2) is 11.4. The van der Waals surface area contributed by atoms with Crippen molar-refractivity contribution in [2.45, 2.75) is 44.0 Å². The van der Waals surface area contributed by atoms with Gasteiger partial charge in [0.25, 0.3) is 0 Å². The molecule has 0 spiro atoms. The monoisotopic (exact) mass is 431 g/mol. The van der Waals surface area contributed by atoms with Crippen molar-refractivity contribution in [3.8, 4) is 0 Å². The van der Waals surface area contributed by atoms with Crippen molar-refractivity contribution in [1.82, 2.24) is 16.0 Å². The van der Waals surface area contributed by atoms with Crippen molar-refractivity contribution < 1.29 is 13.9 Å². The molecule has 1 aromatic rings. The molecule has 162 valence electrons. The predicted octanol–water partition coefficient (Wildman–Crippen LogP) is 2.36. The summed E-state index contributed by atoms with van der Waals surface area (Å²) < 4.78 is -0.544. The highest BCUT2D eigenvalue weighted by Crippen LogP contribution is 2.27. The molecule has 7 N–H and O–H groups in total. The number of carbonyl (C=O) groups is 2. The Kier molecular flexibility index (Phi) is 9.88. The summed E-state index contributed by atoms with van der Waals surface area (Å²) in [5, 5.41) is 14.7. The quantitative estimate of drug-likeness (QED) is 0.360. The predicted molar refractivity (Wildman–Crippen MR) is 126 cm³/mol. The number of rotatable bonds is 10. The average Bonchev–Trinajstić information content (AvgIpc) is 2.70. The second-order valence-electron chi connectivity index (χ2n) is 6.71. The maximum absolute atomic E-state index is 13.1. The Balaban J connectivity index is -0.00000261. The standard InChI is InChI=1S/C19H31N5O2S2.3H2/c1-6-13(22-4)16(25)23-15(19(2,3)27-5)17(26)24-18(28-21)14(20)12-10-8-7-9-11-12;;;/h7-11,13,15,22H,6,20-21H2,1-5H3,(H,23,25)(H,24,26);3*1H/b18-14-;;;/t13-,15?;;;/m0.../s1. The van der Waals surface area contributed by atoms with Crippen LogP contribution in [0.25, 0.3) is 5.70 Å². The van der Waals surface area contributed by atoms with Crippen molar-refractivity contribution in [3.05, 3.63) is 40.9 Å². The molecule has 0 fully saturated rings. The molecular weight excluding hydrogens is 394 g/mol. The van der Waals surface area contributed by atoms with Gasteiger partial charge < -0.3 is 21.7 Å². The Morgan fingerprint density at radius 1 is 1.21 bits per heavy atom. The second-order valence-corrected chi connectivity index (χ2v) is 8.82. The minimum Gasteiger partial charge on any atom is -0.396 e. The van der Waals surface area contributed by atoms with Crippen LogP contribution in [0, 0.1) is 0 Å². The molecule has 0 radical (unpaired) electrons. The highest BCUT2D eigenvalue weighted by molar-refractivity contribution is 8.01. The van der Waals surface area contributed by atoms with Gasteiger partial charge in [0, 0.05) is 14.6 Å². The number of carbonyl (C=O) groups excluding carboxylic acids is 2. The maximum Gasteiger partial charge on any atom is 0.248 e. The molecule has 0 saturated carbocycles. The molecule has 0 heterocycles. The smallest absolute Gasteiger partial charge is 0.248 e. The normalized spacial score (nSPS) is 14.6. The lowest BCUT2D eigenvalue weighted by Gasteiger charge is -2.33. The third kappa shape index (κ3) is 6.44. The summed E-state index contributed by atoms with van der Waals surface area (Å²) in [5.41, 5.74) is 7.32. The van der Waals surface area contributed by atoms with Gasteiger partial charge in [-0.25, -0.2) is 0 Å². The molecule has 9 heteroatoms. The van der Waals surface area contributed by atoms with E-state index in [1.54, 1.807) is 7.05 Å². The van der Waals surface area contributed by atoms with E-state index >= 15 is 0 Å². The fourth-order valence-corrected chi connectivity index (χ4v) is 3.34. The van der Waals surface area contributed by atoms with Crippen LogP contribution >= 0.6 is 23.7 Å². The first-order valence-corrected chi connectivity index (χ1v) is 11.1. The molecule has 0 aromatic heterocycles. The first-order chi connectivity index (χ1) is 13.2. The van der Waals surface area contributed by atoms with Crippen molar-refractivity contribution in [2.75, 3.05) is 13.3 Å². The number of benzene rings is 1. The summed E-state index contributed by atoms with van der Waals surface area (Å²) >= 11 is 2.35. The van der Waals surface area contributed by atoms with E-state index in [0.717, 1.165) is 17.5 Å². The van der Waals surface area contributed by atoms with Crippen LogP contribution in [0.3, 0.4) is 0 Å². The van der Waals surface area contributed by atoms with Crippen molar-refractivity contribution in [1.29, 1.82) is 0 Å². The summed E-state index contributed by atoms with van der Waals surface area (Å²) in [4.78, 5) is 25.6. The van der Waals surface area contributed by atoms with Crippen LogP contribution in [0.4, 0.5) is 0 Å². The average molecular weight is 432 g/mol. The molecule has 7 nitrogen and oxygen atoms in total. The minimum absolute atomic E-state index is 0. The number of hydrogen-bond acceptors (Lipinski definition) is 7. The van der Waals surface area contributed by atoms with Crippen molar-refractivity contribution >= 4 is 41.2 Å². The number of amides is 2. The van der Waals surface area contributed by atoms with Gasteiger partial charge >= 0.3 is 0 Å². The molecule has 2 amide bonds. The lowest BCUT2D eigenvalue weighted by Crippen LogP contribution is -2.59. The minimum atomic E-state index is -0.775. The van der Waals surface area contributed by atoms with Crippen LogP contribution in [0.2, 0.25) is 0 Å². The highest BCUT2D eigenvalue weighted by atomic mass is 32.2. The highest BCUT2D eigenvalue weighted by Gasteiger charge is 2.37. The van der Waals surface area contributed by atoms with E-state index < -0.39 is 10.8 Å². The fraction of sp³-hybridized carbons (Fsp3) is 0.474. The molecule has 0 aliphatic carbocycles. The van der Waals surface area contributed by atoms with Crippen LogP contribution in [0.1, 0.15) is 37.0 Å². The molecule has 28 heavy (non-hydrogen) atoms. The van der Waals surface area contributed by atoms with E-state index in [0.29, 0.717) is 17.1 Å². The largest absolute Gasteiger partial charge is 0.396 e. The van der Waals surface area contributed by atoms with Gasteiger partial charge in [0.05, 0.1) is 11.7 Å². The molecular formula is C19H37N5O2S2. The molecule has 1 unspecified atom stereocenters. The molecule has 2 atom stereocenters. The zero-order valence-electron chi connectivity index (χ0n) is 17.0. The van der Waals surface area contributed by atoms with E-state index in [1.165, 1.54) is 11.8 Å². The third-order valence-electron chi connectivity index (χ3n) is 4.53. The van der Waals surface area contributed by atoms with E-state index in [4.69, 9.17) is 10.9 Å². The van der Waals surface area contributed by atoms with E-state index in [-0.39, 0.29) is 22.1 Å². The Morgan fingerprint density at radius 3 is 2.29 bits per heavy atom. The Hall–Kier alpha value is -1.68. The van der Waals surface area contributed by atoms with Gasteiger partial charge in [0.15, 0.2) is 0 Å². The van der Waals surface area contributed by atoms with Crippen molar-refractivity contribution in [2.24, 2.45) is 10.9 Å². The van der Waals surface area contributed by atoms with E-state index in [1.807, 2.05) is 57.4 Å². The Morgan fingerprint density at radius 2 is 1.82 bits per heavy atom. The number of hydrogen-bond donors (Lipinski definition) is 5. The van der Waals surface area contributed by atoms with Gasteiger partial charge in [-0.2, -0.15) is 11.8 Å². The van der Waals surface area contributed by atoms with Crippen molar-refractivity contribution in [3.63, 3.8) is 0 Å². The number of likely N-dealkylation sites (N-methyl/N-ethyl adjacent to an activating group) is 1. The molecule has 1 aromatic carbocycles. The van der Waals surface area contributed by atoms with Gasteiger partial charge in [-0.05, 0) is 45.5 Å². The summed E-state index contributed by atoms with van der Waals surface area (Å²) in [5.74, 6) is -0.597. The maximum atomic E-state index is 13.1. The SMILES string of the molecule is CC[C@H](NC)C(=O)NC(C(=O)N/C(SN)=C(/N)c1ccccc1)C(C)(C)SC.[HH].[HH].[HH]. The van der Waals surface area contributed by atoms with Gasteiger partial charge in [-0.15, -0.1) is 0 Å². The molecule has 0 aliphatic heterocycles. The Bertz CT molecular complexity index is 705. The number of thioether (sulfide) groups is 1. The molecule has 0 bridgehead atoms. The lowest BCUT2D eigenvalue weighted by atomic mass is 10.0. The first-order valence-electron chi connectivity index (χ1n) is 8.97. The van der Waals surface area contributed by atoms with Gasteiger partial charge in [0.1, 0.15) is 11.1 Å². The zero-order chi connectivity index (χ0) is 21.3. The van der Waals surface area contributed by atoms with Gasteiger partial charge in [-0.3, -0.25) is 14.7 Å². The number of nitrogens with one attached hydrogen (secondary N) is 3. The molecule has 0 saturated heterocycles. The topological polar surface area (TPSA) is 122 Å². The Labute approximate surface area is 180 Å². The van der Waals surface area contributed by atoms with Crippen LogP contribution < -0.4 is 26.8 Å². The first kappa shape index (κ1) is 24.4. The molecule has 0 aliphatic rings. The van der Waals surface area contributed by atoms with Gasteiger partial charge in [-0.1, -0.05) is 37.3 Å². The van der Waals surface area contributed by atoms with E-state index in [9.17, 15) is 9.59 Å². The molecule has 1 rings (SSSR count).